The molecule has 6 atom stereocenters. The molecule has 8 rings (SSSR count). The first-order chi connectivity index (χ1) is 30.1. The molecule has 5 saturated carbocycles. The van der Waals surface area contributed by atoms with Crippen molar-refractivity contribution < 1.29 is 62.1 Å². The third-order valence-electron chi connectivity index (χ3n) is 14.4. The summed E-state index contributed by atoms with van der Waals surface area (Å²) < 4.78 is 41.9. The molecule has 3 amide bonds. The highest BCUT2D eigenvalue weighted by Crippen LogP contribution is 2.68. The number of hydrogen-bond acceptors (Lipinski definition) is 12. The molecule has 3 unspecified atom stereocenters. The zero-order valence-corrected chi connectivity index (χ0v) is 40.6. The SMILES string of the molecule is CC(C)(C)OC(=O)NCCN(C(=O)OC(C)(C)C)[C@H]1CC[C@H](CC(=O)N2CC(Oc3ccc(C4CC4B4OC5C[C@@H]6C[C@@H](C6(C)C)[C@]5(C)O4)c(OC(=O)OC(C)(C)C)c3C(=O)O)C2)CC1. The van der Waals surface area contributed by atoms with E-state index in [1.807, 2.05) is 20.8 Å². The Morgan fingerprint density at radius 3 is 2.12 bits per heavy atom. The first-order valence-corrected chi connectivity index (χ1v) is 23.7. The van der Waals surface area contributed by atoms with Crippen molar-refractivity contribution in [3.05, 3.63) is 23.3 Å². The van der Waals surface area contributed by atoms with Gasteiger partial charge in [0.05, 0.1) is 24.8 Å². The van der Waals surface area contributed by atoms with Crippen molar-refractivity contribution >= 4 is 37.3 Å². The van der Waals surface area contributed by atoms with Gasteiger partial charge in [-0.15, -0.1) is 0 Å². The molecule has 7 aliphatic rings. The quantitative estimate of drug-likeness (QED) is 0.0879. The van der Waals surface area contributed by atoms with Crippen molar-refractivity contribution in [2.24, 2.45) is 23.2 Å². The van der Waals surface area contributed by atoms with E-state index in [1.54, 1.807) is 63.5 Å². The van der Waals surface area contributed by atoms with Crippen LogP contribution in [0.25, 0.3) is 0 Å². The second-order valence-electron chi connectivity index (χ2n) is 23.1. The maximum Gasteiger partial charge on any atom is 0.514 e. The van der Waals surface area contributed by atoms with Crippen LogP contribution in [0, 0.1) is 23.2 Å². The van der Waals surface area contributed by atoms with Gasteiger partial charge >= 0.3 is 31.4 Å². The summed E-state index contributed by atoms with van der Waals surface area (Å²) in [5.41, 5.74) is -2.14. The molecule has 1 aromatic rings. The normalized spacial score (nSPS) is 29.3. The topological polar surface area (TPSA) is 189 Å². The van der Waals surface area contributed by atoms with Crippen molar-refractivity contribution in [1.82, 2.24) is 15.1 Å². The number of carboxylic acid groups (broad SMARTS) is 1. The van der Waals surface area contributed by atoms with Gasteiger partial charge in [0.15, 0.2) is 5.75 Å². The van der Waals surface area contributed by atoms with E-state index < -0.39 is 54.3 Å². The first kappa shape index (κ1) is 48.7. The van der Waals surface area contributed by atoms with Gasteiger partial charge in [0.25, 0.3) is 0 Å². The lowest BCUT2D eigenvalue weighted by molar-refractivity contribution is -0.199. The maximum absolute atomic E-state index is 13.5. The van der Waals surface area contributed by atoms with E-state index in [2.05, 4.69) is 26.1 Å². The lowest BCUT2D eigenvalue weighted by atomic mass is 9.43. The Labute approximate surface area is 384 Å². The number of nitrogens with one attached hydrogen (secondary N) is 1. The number of ether oxygens (including phenoxy) is 5. The van der Waals surface area contributed by atoms with Crippen LogP contribution in [-0.2, 0) is 28.3 Å². The summed E-state index contributed by atoms with van der Waals surface area (Å²) in [4.78, 5) is 68.7. The minimum atomic E-state index is -1.32. The smallest absolute Gasteiger partial charge is 0.486 e. The van der Waals surface area contributed by atoms with Crippen molar-refractivity contribution in [2.45, 2.75) is 187 Å². The van der Waals surface area contributed by atoms with Crippen LogP contribution in [0.1, 0.15) is 156 Å². The molecule has 16 nitrogen and oxygen atoms in total. The van der Waals surface area contributed by atoms with Gasteiger partial charge in [-0.1, -0.05) is 19.9 Å². The number of nitrogens with zero attached hydrogens (tertiary/aromatic N) is 2. The predicted octanol–water partition coefficient (Wildman–Crippen LogP) is 8.58. The zero-order chi connectivity index (χ0) is 47.6. The summed E-state index contributed by atoms with van der Waals surface area (Å²) in [6.45, 7) is 23.7. The molecule has 2 N–H and O–H groups in total. The second kappa shape index (κ2) is 17.8. The summed E-state index contributed by atoms with van der Waals surface area (Å²) >= 11 is 0. The fraction of sp³-hybridized carbons (Fsp3) is 0.771. The molecule has 2 saturated heterocycles. The number of amides is 3. The predicted molar refractivity (Wildman–Crippen MR) is 240 cm³/mol. The number of hydrogen-bond donors (Lipinski definition) is 2. The first-order valence-electron chi connectivity index (χ1n) is 23.7. The molecule has 0 spiro atoms. The van der Waals surface area contributed by atoms with Gasteiger partial charge < -0.3 is 53.2 Å². The summed E-state index contributed by atoms with van der Waals surface area (Å²) in [7, 11) is -0.455. The van der Waals surface area contributed by atoms with Crippen LogP contribution in [0.15, 0.2) is 12.1 Å². The molecule has 2 heterocycles. The van der Waals surface area contributed by atoms with E-state index in [9.17, 15) is 29.1 Å². The summed E-state index contributed by atoms with van der Waals surface area (Å²) in [5, 5.41) is 13.4. The van der Waals surface area contributed by atoms with Crippen LogP contribution in [0.3, 0.4) is 0 Å². The van der Waals surface area contributed by atoms with E-state index in [-0.39, 0.29) is 90.0 Å². The van der Waals surface area contributed by atoms with Crippen molar-refractivity contribution in [3.8, 4) is 11.5 Å². The van der Waals surface area contributed by atoms with Crippen LogP contribution in [0.4, 0.5) is 14.4 Å². The third-order valence-corrected chi connectivity index (χ3v) is 14.4. The van der Waals surface area contributed by atoms with E-state index in [0.717, 1.165) is 25.7 Å². The number of carboxylic acids is 1. The summed E-state index contributed by atoms with van der Waals surface area (Å²) in [6.07, 6.45) is 3.43. The molecule has 0 aromatic heterocycles. The molecule has 5 aliphatic carbocycles. The number of rotatable bonds is 12. The van der Waals surface area contributed by atoms with Gasteiger partial charge in [-0.25, -0.2) is 19.2 Å². The molecule has 2 aliphatic heterocycles. The van der Waals surface area contributed by atoms with E-state index >= 15 is 0 Å². The highest BCUT2D eigenvalue weighted by Gasteiger charge is 2.70. The van der Waals surface area contributed by atoms with Gasteiger partial charge in [-0.2, -0.15) is 0 Å². The van der Waals surface area contributed by atoms with Crippen molar-refractivity contribution in [3.63, 3.8) is 0 Å². The highest BCUT2D eigenvalue weighted by atomic mass is 16.7. The van der Waals surface area contributed by atoms with E-state index in [1.165, 1.54) is 0 Å². The third kappa shape index (κ3) is 11.0. The Morgan fingerprint density at radius 1 is 0.877 bits per heavy atom. The number of likely N-dealkylation sites (tertiary alicyclic amines) is 1. The largest absolute Gasteiger partial charge is 0.514 e. The Morgan fingerprint density at radius 2 is 1.52 bits per heavy atom. The van der Waals surface area contributed by atoms with E-state index in [0.29, 0.717) is 43.1 Å². The number of alkyl carbamates (subject to hydrolysis) is 1. The van der Waals surface area contributed by atoms with Gasteiger partial charge in [0.1, 0.15) is 34.2 Å². The molecule has 1 aromatic carbocycles. The zero-order valence-electron chi connectivity index (χ0n) is 40.6. The molecule has 7 fully saturated rings. The maximum atomic E-state index is 13.5. The lowest BCUT2D eigenvalue weighted by Crippen LogP contribution is -2.65. The molecule has 17 heteroatoms. The Hall–Kier alpha value is -4.25. The van der Waals surface area contributed by atoms with Crippen molar-refractivity contribution in [2.75, 3.05) is 26.2 Å². The number of carbonyl (C=O) groups excluding carboxylic acids is 4. The molecule has 360 valence electrons. The molecule has 0 radical (unpaired) electrons. The average molecular weight is 910 g/mol. The minimum Gasteiger partial charge on any atom is -0.486 e. The van der Waals surface area contributed by atoms with Gasteiger partial charge in [0.2, 0.25) is 5.91 Å². The molecular formula is C48H72BN3O13. The van der Waals surface area contributed by atoms with E-state index in [4.69, 9.17) is 33.0 Å². The average Bonchev–Trinajstić information content (AvgIpc) is 3.85. The number of benzene rings is 1. The van der Waals surface area contributed by atoms with Crippen LogP contribution in [-0.4, -0.2) is 119 Å². The lowest BCUT2D eigenvalue weighted by Gasteiger charge is -2.64. The molecular weight excluding hydrogens is 837 g/mol. The van der Waals surface area contributed by atoms with Crippen LogP contribution >= 0.6 is 0 Å². The highest BCUT2D eigenvalue weighted by molar-refractivity contribution is 6.49. The van der Waals surface area contributed by atoms with Gasteiger partial charge in [-0.05, 0) is 155 Å². The Balaban J connectivity index is 0.954. The fourth-order valence-corrected chi connectivity index (χ4v) is 10.9. The monoisotopic (exact) mass is 910 g/mol. The van der Waals surface area contributed by atoms with Gasteiger partial charge in [0, 0.05) is 31.4 Å². The Kier molecular flexibility index (Phi) is 13.3. The fourth-order valence-electron chi connectivity index (χ4n) is 10.9. The second-order valence-corrected chi connectivity index (χ2v) is 23.1. The molecule has 2 bridgehead atoms. The number of aromatic carboxylic acids is 1. The van der Waals surface area contributed by atoms with Crippen LogP contribution in [0.5, 0.6) is 11.5 Å². The van der Waals surface area contributed by atoms with Gasteiger partial charge in [-0.3, -0.25) is 4.79 Å². The summed E-state index contributed by atoms with van der Waals surface area (Å²) in [6, 6.07) is 3.26. The van der Waals surface area contributed by atoms with Crippen molar-refractivity contribution in [1.29, 1.82) is 0 Å². The van der Waals surface area contributed by atoms with Crippen LogP contribution < -0.4 is 14.8 Å². The standard InChI is InChI=1S/C48H72BN3O13/c1-44(2,3)61-41(56)50-19-20-52(42(57)62-45(4,5)6)29-15-13-27(14-16-29)21-37(53)51-25-30(26-51)59-34-18-17-31(39(38(34)40(54)55)60-43(58)63-46(7,8)9)32-24-33(32)49-64-36-23-28-22-35(47(28,10)11)48(36,12)65-49/h17-18,27-30,32-33,35-36H,13-16,19-26H2,1-12H3,(H,50,56)(H,54,55)/t27-,28-,29-,32?,33?,35-,36?,48-/m0/s1. The molecule has 65 heavy (non-hydrogen) atoms. The number of carbonyl (C=O) groups is 5. The minimum absolute atomic E-state index is 0.00613. The summed E-state index contributed by atoms with van der Waals surface area (Å²) in [5.74, 6) is -0.522. The Bertz CT molecular complexity index is 1990. The van der Waals surface area contributed by atoms with Crippen LogP contribution in [0.2, 0.25) is 5.82 Å².